The summed E-state index contributed by atoms with van der Waals surface area (Å²) in [5.74, 6) is 0.809. The first kappa shape index (κ1) is 17.1. The Kier molecular flexibility index (Phi) is 6.21. The molecule has 0 aliphatic heterocycles. The van der Waals surface area contributed by atoms with Crippen LogP contribution in [0.2, 0.25) is 0 Å². The monoisotopic (exact) mass is 311 g/mol. The molecule has 23 heavy (non-hydrogen) atoms. The number of benzene rings is 2. The number of carbonyl (C=O) groups excluding carboxylic acids is 1. The van der Waals surface area contributed by atoms with E-state index in [0.29, 0.717) is 18.7 Å². The number of aryl methyl sites for hydroxylation is 3. The maximum absolute atomic E-state index is 12.2. The van der Waals surface area contributed by atoms with Gasteiger partial charge in [0.05, 0.1) is 6.61 Å². The van der Waals surface area contributed by atoms with Gasteiger partial charge >= 0.3 is 0 Å². The van der Waals surface area contributed by atoms with E-state index in [0.717, 1.165) is 24.2 Å². The zero-order valence-electron chi connectivity index (χ0n) is 14.2. The molecule has 0 saturated carbocycles. The highest BCUT2D eigenvalue weighted by Gasteiger charge is 2.07. The van der Waals surface area contributed by atoms with Crippen molar-refractivity contribution in [1.29, 1.82) is 0 Å². The van der Waals surface area contributed by atoms with Crippen LogP contribution in [0.5, 0.6) is 5.75 Å². The summed E-state index contributed by atoms with van der Waals surface area (Å²) in [5.41, 5.74) is 4.25. The molecule has 0 spiro atoms. The average molecular weight is 311 g/mol. The third-order valence-electron chi connectivity index (χ3n) is 3.79. The Hall–Kier alpha value is -2.29. The predicted octanol–water partition coefficient (Wildman–Crippen LogP) is 4.06. The Morgan fingerprint density at radius 1 is 1.09 bits per heavy atom. The summed E-state index contributed by atoms with van der Waals surface area (Å²) < 4.78 is 5.50. The SMILES string of the molecule is CCOc1ccc(C(=O)NCCCc2ccc(C)cc2)cc1C. The lowest BCUT2D eigenvalue weighted by atomic mass is 10.1. The van der Waals surface area contributed by atoms with Gasteiger partial charge in [-0.1, -0.05) is 29.8 Å². The molecule has 0 aliphatic rings. The van der Waals surface area contributed by atoms with Gasteiger partial charge in [0, 0.05) is 12.1 Å². The van der Waals surface area contributed by atoms with E-state index in [1.165, 1.54) is 11.1 Å². The summed E-state index contributed by atoms with van der Waals surface area (Å²) in [4.78, 5) is 12.2. The fraction of sp³-hybridized carbons (Fsp3) is 0.350. The summed E-state index contributed by atoms with van der Waals surface area (Å²) >= 11 is 0. The molecule has 0 heterocycles. The molecule has 0 aliphatic carbocycles. The molecule has 2 rings (SSSR count). The van der Waals surface area contributed by atoms with Crippen molar-refractivity contribution >= 4 is 5.91 Å². The molecule has 0 saturated heterocycles. The van der Waals surface area contributed by atoms with Crippen LogP contribution in [0, 0.1) is 13.8 Å². The summed E-state index contributed by atoms with van der Waals surface area (Å²) in [7, 11) is 0. The first-order valence-corrected chi connectivity index (χ1v) is 8.17. The van der Waals surface area contributed by atoms with Crippen LogP contribution in [0.3, 0.4) is 0 Å². The Bertz CT molecular complexity index is 647. The minimum atomic E-state index is -0.0277. The van der Waals surface area contributed by atoms with E-state index in [9.17, 15) is 4.79 Å². The van der Waals surface area contributed by atoms with Crippen molar-refractivity contribution in [3.8, 4) is 5.75 Å². The van der Waals surface area contributed by atoms with Gasteiger partial charge in [0.2, 0.25) is 0 Å². The van der Waals surface area contributed by atoms with E-state index in [4.69, 9.17) is 4.74 Å². The van der Waals surface area contributed by atoms with Gasteiger partial charge in [0.25, 0.3) is 5.91 Å². The zero-order chi connectivity index (χ0) is 16.7. The number of carbonyl (C=O) groups is 1. The van der Waals surface area contributed by atoms with Gasteiger partial charge < -0.3 is 10.1 Å². The van der Waals surface area contributed by atoms with Crippen LogP contribution in [-0.2, 0) is 6.42 Å². The smallest absolute Gasteiger partial charge is 0.251 e. The second-order valence-electron chi connectivity index (χ2n) is 5.76. The largest absolute Gasteiger partial charge is 0.494 e. The summed E-state index contributed by atoms with van der Waals surface area (Å²) in [6.07, 6.45) is 1.91. The number of ether oxygens (including phenoxy) is 1. The van der Waals surface area contributed by atoms with Crippen molar-refractivity contribution in [2.24, 2.45) is 0 Å². The van der Waals surface area contributed by atoms with E-state index < -0.39 is 0 Å². The van der Waals surface area contributed by atoms with Crippen LogP contribution >= 0.6 is 0 Å². The molecule has 0 aromatic heterocycles. The van der Waals surface area contributed by atoms with E-state index in [2.05, 4.69) is 36.5 Å². The number of amides is 1. The Morgan fingerprint density at radius 2 is 1.83 bits per heavy atom. The molecule has 0 bridgehead atoms. The predicted molar refractivity (Wildman–Crippen MR) is 94.2 cm³/mol. The molecule has 2 aromatic rings. The van der Waals surface area contributed by atoms with E-state index in [-0.39, 0.29) is 5.91 Å². The second-order valence-corrected chi connectivity index (χ2v) is 5.76. The highest BCUT2D eigenvalue weighted by molar-refractivity contribution is 5.94. The van der Waals surface area contributed by atoms with Gasteiger partial charge in [-0.3, -0.25) is 4.79 Å². The Labute approximate surface area is 138 Å². The van der Waals surface area contributed by atoms with Gasteiger partial charge in [0.15, 0.2) is 0 Å². The average Bonchev–Trinajstić information content (AvgIpc) is 2.55. The van der Waals surface area contributed by atoms with Gasteiger partial charge in [-0.25, -0.2) is 0 Å². The maximum atomic E-state index is 12.2. The molecule has 0 atom stereocenters. The van der Waals surface area contributed by atoms with Crippen LogP contribution in [0.4, 0.5) is 0 Å². The quantitative estimate of drug-likeness (QED) is 0.783. The number of nitrogens with one attached hydrogen (secondary N) is 1. The topological polar surface area (TPSA) is 38.3 Å². The first-order chi connectivity index (χ1) is 11.1. The maximum Gasteiger partial charge on any atom is 0.251 e. The van der Waals surface area contributed by atoms with Crippen LogP contribution in [0.25, 0.3) is 0 Å². The standard InChI is InChI=1S/C20H25NO2/c1-4-23-19-12-11-18(14-16(19)3)20(22)21-13-5-6-17-9-7-15(2)8-10-17/h7-12,14H,4-6,13H2,1-3H3,(H,21,22). The van der Waals surface area contributed by atoms with Crippen molar-refractivity contribution in [1.82, 2.24) is 5.32 Å². The number of hydrogen-bond acceptors (Lipinski definition) is 2. The zero-order valence-corrected chi connectivity index (χ0v) is 14.2. The molecule has 0 radical (unpaired) electrons. The molecule has 122 valence electrons. The molecule has 1 N–H and O–H groups in total. The lowest BCUT2D eigenvalue weighted by molar-refractivity contribution is 0.0953. The lowest BCUT2D eigenvalue weighted by Crippen LogP contribution is -2.24. The summed E-state index contributed by atoms with van der Waals surface area (Å²) in [6.45, 7) is 7.31. The fourth-order valence-electron chi connectivity index (χ4n) is 2.46. The van der Waals surface area contributed by atoms with Gasteiger partial charge in [-0.15, -0.1) is 0 Å². The van der Waals surface area contributed by atoms with Crippen molar-refractivity contribution in [2.45, 2.75) is 33.6 Å². The van der Waals surface area contributed by atoms with Crippen LogP contribution in [0.1, 0.15) is 40.4 Å². The molecule has 1 amide bonds. The Balaban J connectivity index is 1.80. The summed E-state index contributed by atoms with van der Waals surface area (Å²) in [6, 6.07) is 14.1. The van der Waals surface area contributed by atoms with Crippen molar-refractivity contribution < 1.29 is 9.53 Å². The van der Waals surface area contributed by atoms with E-state index in [1.807, 2.05) is 32.0 Å². The van der Waals surface area contributed by atoms with Gasteiger partial charge in [0.1, 0.15) is 5.75 Å². The second kappa shape index (κ2) is 8.37. The number of hydrogen-bond donors (Lipinski definition) is 1. The molecular weight excluding hydrogens is 286 g/mol. The molecule has 3 nitrogen and oxygen atoms in total. The third kappa shape index (κ3) is 5.13. The number of rotatable bonds is 7. The normalized spacial score (nSPS) is 10.4. The van der Waals surface area contributed by atoms with Crippen molar-refractivity contribution in [2.75, 3.05) is 13.2 Å². The van der Waals surface area contributed by atoms with Crippen molar-refractivity contribution in [3.63, 3.8) is 0 Å². The van der Waals surface area contributed by atoms with Crippen LogP contribution in [0.15, 0.2) is 42.5 Å². The molecule has 3 heteroatoms. The van der Waals surface area contributed by atoms with E-state index in [1.54, 1.807) is 0 Å². The summed E-state index contributed by atoms with van der Waals surface area (Å²) in [5, 5.41) is 2.98. The molecule has 0 unspecified atom stereocenters. The highest BCUT2D eigenvalue weighted by atomic mass is 16.5. The lowest BCUT2D eigenvalue weighted by Gasteiger charge is -2.10. The fourth-order valence-corrected chi connectivity index (χ4v) is 2.46. The molecule has 2 aromatic carbocycles. The van der Waals surface area contributed by atoms with E-state index >= 15 is 0 Å². The van der Waals surface area contributed by atoms with Gasteiger partial charge in [-0.2, -0.15) is 0 Å². The molecular formula is C20H25NO2. The highest BCUT2D eigenvalue weighted by Crippen LogP contribution is 2.19. The Morgan fingerprint density at radius 3 is 2.48 bits per heavy atom. The third-order valence-corrected chi connectivity index (χ3v) is 3.79. The van der Waals surface area contributed by atoms with Crippen molar-refractivity contribution in [3.05, 3.63) is 64.7 Å². The minimum Gasteiger partial charge on any atom is -0.494 e. The van der Waals surface area contributed by atoms with Crippen LogP contribution in [-0.4, -0.2) is 19.1 Å². The minimum absolute atomic E-state index is 0.0277. The van der Waals surface area contributed by atoms with Gasteiger partial charge in [-0.05, 0) is 62.9 Å². The van der Waals surface area contributed by atoms with Crippen LogP contribution < -0.4 is 10.1 Å². The first-order valence-electron chi connectivity index (χ1n) is 8.17. The molecule has 0 fully saturated rings.